The van der Waals surface area contributed by atoms with E-state index in [1.165, 1.54) is 41.4 Å². The molecule has 6 nitrogen and oxygen atoms in total. The Morgan fingerprint density at radius 3 is 1.97 bits per heavy atom. The number of alkyl halides is 4. The summed E-state index contributed by atoms with van der Waals surface area (Å²) in [4.78, 5) is 12.9. The molecule has 0 saturated heterocycles. The second-order valence-electron chi connectivity index (χ2n) is 7.27. The molecule has 0 radical (unpaired) electrons. The van der Waals surface area contributed by atoms with E-state index in [1.54, 1.807) is 12.1 Å². The van der Waals surface area contributed by atoms with Gasteiger partial charge in [0.25, 0.3) is 0 Å². The Hall–Kier alpha value is -4.08. The summed E-state index contributed by atoms with van der Waals surface area (Å²) in [6.45, 7) is -5.63. The van der Waals surface area contributed by atoms with Crippen LogP contribution in [0.4, 0.5) is 28.0 Å². The van der Waals surface area contributed by atoms with Crippen LogP contribution in [0.25, 0.3) is 0 Å². The highest BCUT2D eigenvalue weighted by atomic mass is 19.3. The number of rotatable bonds is 7. The monoisotopic (exact) mass is 473 g/mol. The van der Waals surface area contributed by atoms with E-state index in [-0.39, 0.29) is 24.0 Å². The van der Waals surface area contributed by atoms with Crippen molar-refractivity contribution in [1.29, 1.82) is 0 Å². The maximum atomic E-state index is 12.9. The van der Waals surface area contributed by atoms with Crippen molar-refractivity contribution in [2.24, 2.45) is 5.10 Å². The Labute approximate surface area is 192 Å². The summed E-state index contributed by atoms with van der Waals surface area (Å²) in [6.07, 6.45) is 0. The second-order valence-corrected chi connectivity index (χ2v) is 7.27. The topological polar surface area (TPSA) is 63.2 Å². The molecule has 0 spiro atoms. The van der Waals surface area contributed by atoms with Gasteiger partial charge in [0.2, 0.25) is 0 Å². The van der Waals surface area contributed by atoms with Gasteiger partial charge in [-0.2, -0.15) is 22.7 Å². The van der Waals surface area contributed by atoms with Crippen molar-refractivity contribution in [2.45, 2.75) is 19.1 Å². The lowest BCUT2D eigenvalue weighted by molar-refractivity contribution is -0.0505. The Balaban J connectivity index is 1.54. The Kier molecular flexibility index (Phi) is 6.95. The highest BCUT2D eigenvalue weighted by Gasteiger charge is 2.32. The van der Waals surface area contributed by atoms with E-state index in [4.69, 9.17) is 0 Å². The molecule has 0 fully saturated rings. The fourth-order valence-electron chi connectivity index (χ4n) is 3.55. The lowest BCUT2D eigenvalue weighted by atomic mass is 9.90. The third kappa shape index (κ3) is 5.64. The zero-order chi connectivity index (χ0) is 24.1. The average molecular weight is 473 g/mol. The second kappa shape index (κ2) is 10.2. The molecule has 1 heterocycles. The third-order valence-electron chi connectivity index (χ3n) is 5.06. The smallest absolute Gasteiger partial charge is 0.387 e. The summed E-state index contributed by atoms with van der Waals surface area (Å²) in [7, 11) is 0. The fraction of sp³-hybridized carbons (Fsp3) is 0.167. The first-order valence-electron chi connectivity index (χ1n) is 10.2. The minimum atomic E-state index is -2.94. The number of carbonyl (C=O) groups excluding carboxylic acids is 1. The first-order chi connectivity index (χ1) is 16.4. The number of carbonyl (C=O) groups is 1. The van der Waals surface area contributed by atoms with Gasteiger partial charge in [0, 0.05) is 11.6 Å². The van der Waals surface area contributed by atoms with Crippen LogP contribution in [-0.4, -0.2) is 36.5 Å². The number of nitrogens with one attached hydrogen (secondary N) is 1. The van der Waals surface area contributed by atoms with Gasteiger partial charge in [-0.1, -0.05) is 30.3 Å². The maximum Gasteiger partial charge on any atom is 0.387 e. The van der Waals surface area contributed by atoms with Crippen molar-refractivity contribution in [3.8, 4) is 11.5 Å². The van der Waals surface area contributed by atoms with E-state index < -0.39 is 19.3 Å². The lowest BCUT2D eigenvalue weighted by Crippen LogP contribution is -2.30. The molecule has 3 aromatic rings. The van der Waals surface area contributed by atoms with Gasteiger partial charge < -0.3 is 14.8 Å². The van der Waals surface area contributed by atoms with Gasteiger partial charge in [0.15, 0.2) is 0 Å². The van der Waals surface area contributed by atoms with Crippen LogP contribution in [0.1, 0.15) is 17.0 Å². The Morgan fingerprint density at radius 2 is 1.41 bits per heavy atom. The molecular weight excluding hydrogens is 454 g/mol. The van der Waals surface area contributed by atoms with E-state index in [1.807, 2.05) is 30.3 Å². The number of hydrazone groups is 1. The molecule has 0 bridgehead atoms. The van der Waals surface area contributed by atoms with E-state index >= 15 is 0 Å². The summed E-state index contributed by atoms with van der Waals surface area (Å²) in [6, 6.07) is 20.5. The molecule has 10 heteroatoms. The Bertz CT molecular complexity index is 1140. The molecule has 34 heavy (non-hydrogen) atoms. The van der Waals surface area contributed by atoms with Gasteiger partial charge in [-0.05, 0) is 59.7 Å². The third-order valence-corrected chi connectivity index (χ3v) is 5.06. The number of nitrogens with zero attached hydrogens (tertiary/aromatic N) is 2. The van der Waals surface area contributed by atoms with Gasteiger partial charge in [-0.3, -0.25) is 0 Å². The summed E-state index contributed by atoms with van der Waals surface area (Å²) in [5, 5.41) is 8.42. The number of hydrogen-bond donors (Lipinski definition) is 1. The molecule has 1 aliphatic heterocycles. The van der Waals surface area contributed by atoms with Crippen molar-refractivity contribution in [3.05, 3.63) is 90.0 Å². The van der Waals surface area contributed by atoms with Crippen molar-refractivity contribution < 1.29 is 31.8 Å². The molecule has 4 rings (SSSR count). The molecule has 1 unspecified atom stereocenters. The number of benzene rings is 3. The molecule has 2 amide bonds. The summed E-state index contributed by atoms with van der Waals surface area (Å²) < 4.78 is 58.3. The predicted octanol–water partition coefficient (Wildman–Crippen LogP) is 5.93. The van der Waals surface area contributed by atoms with Gasteiger partial charge in [-0.25, -0.2) is 9.80 Å². The number of halogens is 4. The van der Waals surface area contributed by atoms with Crippen molar-refractivity contribution in [2.75, 3.05) is 11.9 Å². The Morgan fingerprint density at radius 1 is 0.853 bits per heavy atom. The molecule has 1 atom stereocenters. The molecule has 176 valence electrons. The average Bonchev–Trinajstić information content (AvgIpc) is 3.26. The van der Waals surface area contributed by atoms with Crippen molar-refractivity contribution in [1.82, 2.24) is 5.01 Å². The van der Waals surface area contributed by atoms with Crippen LogP contribution in [0.15, 0.2) is 84.0 Å². The number of amides is 2. The molecule has 1 N–H and O–H groups in total. The fourth-order valence-corrected chi connectivity index (χ4v) is 3.55. The molecule has 0 saturated carbocycles. The van der Waals surface area contributed by atoms with Crippen LogP contribution >= 0.6 is 0 Å². The van der Waals surface area contributed by atoms with E-state index in [9.17, 15) is 22.4 Å². The van der Waals surface area contributed by atoms with Gasteiger partial charge in [0.1, 0.15) is 11.5 Å². The SMILES string of the molecule is O=C(Nc1ccc(OC(F)F)cc1)N1CC(c2ccccc2)C(c2ccc(OC(F)F)cc2)=N1. The normalized spacial score (nSPS) is 15.4. The molecule has 0 aromatic heterocycles. The first kappa shape index (κ1) is 23.1. The van der Waals surface area contributed by atoms with Gasteiger partial charge in [0.05, 0.1) is 12.3 Å². The van der Waals surface area contributed by atoms with E-state index in [0.717, 1.165) is 5.56 Å². The molecule has 3 aromatic carbocycles. The van der Waals surface area contributed by atoms with Crippen molar-refractivity contribution in [3.63, 3.8) is 0 Å². The van der Waals surface area contributed by atoms with Crippen LogP contribution in [0.3, 0.4) is 0 Å². The zero-order valence-electron chi connectivity index (χ0n) is 17.6. The first-order valence-corrected chi connectivity index (χ1v) is 10.2. The number of urea groups is 1. The highest BCUT2D eigenvalue weighted by molar-refractivity contribution is 6.07. The molecular formula is C24H19F4N3O3. The van der Waals surface area contributed by atoms with Crippen LogP contribution in [0.5, 0.6) is 11.5 Å². The highest BCUT2D eigenvalue weighted by Crippen LogP contribution is 2.30. The lowest BCUT2D eigenvalue weighted by Gasteiger charge is -2.16. The van der Waals surface area contributed by atoms with Gasteiger partial charge in [-0.15, -0.1) is 0 Å². The number of hydrogen-bond acceptors (Lipinski definition) is 4. The van der Waals surface area contributed by atoms with Crippen LogP contribution in [0, 0.1) is 0 Å². The number of anilines is 1. The minimum Gasteiger partial charge on any atom is -0.435 e. The molecule has 0 aliphatic carbocycles. The van der Waals surface area contributed by atoms with Crippen LogP contribution < -0.4 is 14.8 Å². The van der Waals surface area contributed by atoms with Crippen LogP contribution in [-0.2, 0) is 0 Å². The van der Waals surface area contributed by atoms with E-state index in [0.29, 0.717) is 17.0 Å². The zero-order valence-corrected chi connectivity index (χ0v) is 17.6. The summed E-state index contributed by atoms with van der Waals surface area (Å²) in [5.74, 6) is -0.268. The van der Waals surface area contributed by atoms with E-state index in [2.05, 4.69) is 19.9 Å². The predicted molar refractivity (Wildman–Crippen MR) is 118 cm³/mol. The number of ether oxygens (including phenoxy) is 2. The van der Waals surface area contributed by atoms with Gasteiger partial charge >= 0.3 is 19.3 Å². The van der Waals surface area contributed by atoms with Crippen LogP contribution in [0.2, 0.25) is 0 Å². The maximum absolute atomic E-state index is 12.9. The quantitative estimate of drug-likeness (QED) is 0.433. The largest absolute Gasteiger partial charge is 0.435 e. The summed E-state index contributed by atoms with van der Waals surface area (Å²) >= 11 is 0. The molecule has 1 aliphatic rings. The minimum absolute atomic E-state index is 0.0162. The summed E-state index contributed by atoms with van der Waals surface area (Å²) in [5.41, 5.74) is 2.54. The van der Waals surface area contributed by atoms with Crippen molar-refractivity contribution >= 4 is 17.4 Å². The standard InChI is InChI=1S/C24H19F4N3O3/c25-22(26)33-18-10-6-16(7-11-18)21-20(15-4-2-1-3-5-15)14-31(30-21)24(32)29-17-8-12-19(13-9-17)34-23(27)28/h1-13,20,22-23H,14H2,(H,29,32).